The molecular formula is C19H12ClN5O. The van der Waals surface area contributed by atoms with Crippen molar-refractivity contribution in [3.05, 3.63) is 74.7 Å². The van der Waals surface area contributed by atoms with Gasteiger partial charge in [0.15, 0.2) is 0 Å². The van der Waals surface area contributed by atoms with E-state index in [0.29, 0.717) is 16.4 Å². The zero-order valence-electron chi connectivity index (χ0n) is 13.7. The highest BCUT2D eigenvalue weighted by atomic mass is 35.5. The summed E-state index contributed by atoms with van der Waals surface area (Å²) in [4.78, 5) is 17.4. The molecule has 0 fully saturated rings. The summed E-state index contributed by atoms with van der Waals surface area (Å²) in [6, 6.07) is 14.0. The van der Waals surface area contributed by atoms with Gasteiger partial charge in [0.2, 0.25) is 0 Å². The van der Waals surface area contributed by atoms with Crippen LogP contribution in [0.5, 0.6) is 0 Å². The predicted molar refractivity (Wildman–Crippen MR) is 100 cm³/mol. The lowest BCUT2D eigenvalue weighted by Gasteiger charge is -2.12. The second-order valence-corrected chi connectivity index (χ2v) is 5.92. The molecule has 126 valence electrons. The van der Waals surface area contributed by atoms with Crippen molar-refractivity contribution >= 4 is 34.8 Å². The minimum Gasteiger partial charge on any atom is -0.339 e. The summed E-state index contributed by atoms with van der Waals surface area (Å²) in [5.74, 6) is 0.245. The average Bonchev–Trinajstić information content (AvgIpc) is 2.63. The van der Waals surface area contributed by atoms with Crippen molar-refractivity contribution in [3.8, 4) is 12.1 Å². The number of allylic oxidation sites excluding steroid dienone is 1. The normalized spacial score (nSPS) is 10.0. The number of pyridine rings is 1. The van der Waals surface area contributed by atoms with Gasteiger partial charge in [0.05, 0.1) is 5.56 Å². The number of benzene rings is 1. The SMILES string of the molecule is Cc1cccn2c(=O)c(C=C(C#N)C#N)c(Nc3cccc(Cl)c3)nc12. The number of nitriles is 2. The monoisotopic (exact) mass is 361 g/mol. The van der Waals surface area contributed by atoms with Crippen molar-refractivity contribution in [2.75, 3.05) is 5.32 Å². The van der Waals surface area contributed by atoms with Crippen LogP contribution < -0.4 is 10.9 Å². The van der Waals surface area contributed by atoms with Crippen molar-refractivity contribution in [2.24, 2.45) is 0 Å². The highest BCUT2D eigenvalue weighted by molar-refractivity contribution is 6.30. The first-order chi connectivity index (χ1) is 12.5. The standard InChI is InChI=1S/C19H12ClN5O/c1-12-4-3-7-25-18(12)24-17(23-15-6-2-5-14(20)9-15)16(19(25)26)8-13(10-21)11-22/h2-9,23H,1H3. The molecule has 0 radical (unpaired) electrons. The second-order valence-electron chi connectivity index (χ2n) is 5.48. The number of rotatable bonds is 3. The Morgan fingerprint density at radius 2 is 2.04 bits per heavy atom. The Labute approximate surface area is 154 Å². The van der Waals surface area contributed by atoms with E-state index in [1.165, 1.54) is 10.5 Å². The summed E-state index contributed by atoms with van der Waals surface area (Å²) in [5.41, 5.74) is 1.47. The van der Waals surface area contributed by atoms with Crippen molar-refractivity contribution in [3.63, 3.8) is 0 Å². The third kappa shape index (κ3) is 3.27. The van der Waals surface area contributed by atoms with E-state index in [1.807, 2.05) is 13.0 Å². The van der Waals surface area contributed by atoms with Gasteiger partial charge in [0.1, 0.15) is 29.2 Å². The number of aryl methyl sites for hydroxylation is 1. The van der Waals surface area contributed by atoms with Crippen LogP contribution in [0.25, 0.3) is 11.7 Å². The molecule has 0 saturated carbocycles. The minimum atomic E-state index is -0.383. The van der Waals surface area contributed by atoms with Gasteiger partial charge in [-0.05, 0) is 42.8 Å². The third-order valence-corrected chi connectivity index (χ3v) is 3.94. The lowest BCUT2D eigenvalue weighted by atomic mass is 10.2. The van der Waals surface area contributed by atoms with Gasteiger partial charge in [-0.2, -0.15) is 10.5 Å². The van der Waals surface area contributed by atoms with Crippen LogP contribution in [0.15, 0.2) is 53.0 Å². The molecule has 6 nitrogen and oxygen atoms in total. The largest absolute Gasteiger partial charge is 0.339 e. The van der Waals surface area contributed by atoms with Crippen LogP contribution in [0.2, 0.25) is 5.02 Å². The Morgan fingerprint density at radius 1 is 1.27 bits per heavy atom. The fraction of sp³-hybridized carbons (Fsp3) is 0.0526. The average molecular weight is 362 g/mol. The molecule has 2 heterocycles. The van der Waals surface area contributed by atoms with E-state index < -0.39 is 0 Å². The molecule has 26 heavy (non-hydrogen) atoms. The van der Waals surface area contributed by atoms with Gasteiger partial charge in [-0.25, -0.2) is 4.98 Å². The molecule has 3 rings (SSSR count). The minimum absolute atomic E-state index is 0.117. The molecule has 1 N–H and O–H groups in total. The molecule has 0 aliphatic carbocycles. The molecule has 0 bridgehead atoms. The number of nitrogens with one attached hydrogen (secondary N) is 1. The third-order valence-electron chi connectivity index (χ3n) is 3.70. The van der Waals surface area contributed by atoms with Crippen LogP contribution >= 0.6 is 11.6 Å². The summed E-state index contributed by atoms with van der Waals surface area (Å²) in [7, 11) is 0. The van der Waals surface area contributed by atoms with E-state index >= 15 is 0 Å². The van der Waals surface area contributed by atoms with Crippen LogP contribution in [0.4, 0.5) is 11.5 Å². The molecule has 1 aromatic carbocycles. The Morgan fingerprint density at radius 3 is 2.73 bits per heavy atom. The van der Waals surface area contributed by atoms with Crippen LogP contribution in [0, 0.1) is 29.6 Å². The van der Waals surface area contributed by atoms with Crippen LogP contribution in [0.3, 0.4) is 0 Å². The number of hydrogen-bond donors (Lipinski definition) is 1. The number of nitrogens with zero attached hydrogens (tertiary/aromatic N) is 4. The molecule has 0 aliphatic heterocycles. The van der Waals surface area contributed by atoms with E-state index in [1.54, 1.807) is 48.7 Å². The maximum atomic E-state index is 12.9. The van der Waals surface area contributed by atoms with Gasteiger partial charge >= 0.3 is 0 Å². The zero-order chi connectivity index (χ0) is 18.7. The predicted octanol–water partition coefficient (Wildman–Crippen LogP) is 3.83. The van der Waals surface area contributed by atoms with E-state index in [9.17, 15) is 4.79 Å². The van der Waals surface area contributed by atoms with E-state index in [4.69, 9.17) is 22.1 Å². The number of aromatic nitrogens is 2. The van der Waals surface area contributed by atoms with E-state index in [-0.39, 0.29) is 22.5 Å². The summed E-state index contributed by atoms with van der Waals surface area (Å²) in [6.07, 6.45) is 2.83. The van der Waals surface area contributed by atoms with Gasteiger partial charge < -0.3 is 5.32 Å². The van der Waals surface area contributed by atoms with E-state index in [0.717, 1.165) is 5.56 Å². The summed E-state index contributed by atoms with van der Waals surface area (Å²) >= 11 is 6.01. The fourth-order valence-electron chi connectivity index (χ4n) is 2.47. The van der Waals surface area contributed by atoms with Gasteiger partial charge in [-0.3, -0.25) is 9.20 Å². The quantitative estimate of drug-likeness (QED) is 0.715. The first-order valence-corrected chi connectivity index (χ1v) is 7.97. The number of hydrogen-bond acceptors (Lipinski definition) is 5. The molecule has 0 unspecified atom stereocenters. The maximum absolute atomic E-state index is 12.9. The van der Waals surface area contributed by atoms with Gasteiger partial charge in [0, 0.05) is 16.9 Å². The van der Waals surface area contributed by atoms with Gasteiger partial charge in [-0.1, -0.05) is 23.7 Å². The number of anilines is 2. The molecule has 0 saturated heterocycles. The maximum Gasteiger partial charge on any atom is 0.267 e. The summed E-state index contributed by atoms with van der Waals surface area (Å²) in [6.45, 7) is 1.84. The molecule has 7 heteroatoms. The van der Waals surface area contributed by atoms with Crippen molar-refractivity contribution in [2.45, 2.75) is 6.92 Å². The summed E-state index contributed by atoms with van der Waals surface area (Å²) < 4.78 is 1.39. The van der Waals surface area contributed by atoms with Crippen molar-refractivity contribution < 1.29 is 0 Å². The lowest BCUT2D eigenvalue weighted by Crippen LogP contribution is -2.20. The first-order valence-electron chi connectivity index (χ1n) is 7.60. The molecule has 3 aromatic rings. The molecule has 0 spiro atoms. The second kappa shape index (κ2) is 7.10. The fourth-order valence-corrected chi connectivity index (χ4v) is 2.66. The first kappa shape index (κ1) is 17.2. The van der Waals surface area contributed by atoms with Crippen molar-refractivity contribution in [1.82, 2.24) is 9.38 Å². The van der Waals surface area contributed by atoms with Gasteiger partial charge in [0.25, 0.3) is 5.56 Å². The Hall–Kier alpha value is -3.61. The number of halogens is 1. The highest BCUT2D eigenvalue weighted by Gasteiger charge is 2.14. The van der Waals surface area contributed by atoms with Crippen LogP contribution in [0.1, 0.15) is 11.1 Å². The van der Waals surface area contributed by atoms with Crippen molar-refractivity contribution in [1.29, 1.82) is 10.5 Å². The van der Waals surface area contributed by atoms with Gasteiger partial charge in [-0.15, -0.1) is 0 Å². The smallest absolute Gasteiger partial charge is 0.267 e. The van der Waals surface area contributed by atoms with Crippen LogP contribution in [-0.4, -0.2) is 9.38 Å². The number of fused-ring (bicyclic) bond motifs is 1. The Balaban J connectivity index is 2.30. The zero-order valence-corrected chi connectivity index (χ0v) is 14.4. The highest BCUT2D eigenvalue weighted by Crippen LogP contribution is 2.22. The van der Waals surface area contributed by atoms with Crippen LogP contribution in [-0.2, 0) is 0 Å². The Bertz CT molecular complexity index is 1170. The molecular weight excluding hydrogens is 350 g/mol. The van der Waals surface area contributed by atoms with E-state index in [2.05, 4.69) is 10.3 Å². The molecule has 0 aliphatic rings. The Kier molecular flexibility index (Phi) is 4.70. The summed E-state index contributed by atoms with van der Waals surface area (Å²) in [5, 5.41) is 21.7. The topological polar surface area (TPSA) is 94.0 Å². The molecule has 2 aromatic heterocycles. The lowest BCUT2D eigenvalue weighted by molar-refractivity contribution is 1.03. The molecule has 0 atom stereocenters. The molecule has 0 amide bonds.